The number of carbonyl (C=O) groups excluding carboxylic acids is 1. The maximum atomic E-state index is 12.7. The average Bonchev–Trinajstić information content (AvgIpc) is 2.44. The van der Waals surface area contributed by atoms with Crippen molar-refractivity contribution in [1.82, 2.24) is 0 Å². The van der Waals surface area contributed by atoms with Gasteiger partial charge < -0.3 is 15.8 Å². The van der Waals surface area contributed by atoms with E-state index in [0.29, 0.717) is 11.4 Å². The Labute approximate surface area is 130 Å². The molecule has 0 spiro atoms. The smallest absolute Gasteiger partial charge is 0.262 e. The van der Waals surface area contributed by atoms with Gasteiger partial charge in [-0.15, -0.1) is 0 Å². The first-order valence-corrected chi connectivity index (χ1v) is 6.64. The first-order valence-electron chi connectivity index (χ1n) is 5.88. The van der Waals surface area contributed by atoms with Crippen LogP contribution in [0.25, 0.3) is 0 Å². The molecule has 0 aliphatic heterocycles. The fourth-order valence-electron chi connectivity index (χ4n) is 1.53. The number of amides is 1. The summed E-state index contributed by atoms with van der Waals surface area (Å²) in [5.41, 5.74) is 6.25. The predicted molar refractivity (Wildman–Crippen MR) is 81.4 cm³/mol. The lowest BCUT2D eigenvalue weighted by Gasteiger charge is -2.09. The molecule has 2 rings (SSSR count). The minimum atomic E-state index is -0.406. The van der Waals surface area contributed by atoms with Crippen LogP contribution in [0.4, 0.5) is 15.8 Å². The van der Waals surface area contributed by atoms with Crippen LogP contribution < -0.4 is 15.8 Å². The SMILES string of the molecule is Nc1c(Cl)cc(NC(=O)COc2ccc(F)cc2)cc1Cl. The minimum Gasteiger partial charge on any atom is -0.484 e. The summed E-state index contributed by atoms with van der Waals surface area (Å²) in [5, 5.41) is 3.06. The molecular weight excluding hydrogens is 318 g/mol. The molecule has 3 N–H and O–H groups in total. The molecule has 4 nitrogen and oxygen atoms in total. The van der Waals surface area contributed by atoms with Gasteiger partial charge in [0.15, 0.2) is 6.61 Å². The second-order valence-electron chi connectivity index (χ2n) is 4.14. The van der Waals surface area contributed by atoms with Gasteiger partial charge in [-0.3, -0.25) is 4.79 Å². The molecule has 7 heteroatoms. The topological polar surface area (TPSA) is 64.3 Å². The van der Waals surface area contributed by atoms with Gasteiger partial charge in [0.25, 0.3) is 5.91 Å². The Hall–Kier alpha value is -1.98. The predicted octanol–water partition coefficient (Wildman–Crippen LogP) is 3.73. The standard InChI is InChI=1S/C14H11Cl2FN2O2/c15-11-5-9(6-12(16)14(11)18)19-13(20)7-21-10-3-1-8(17)2-4-10/h1-6H,7,18H2,(H,19,20). The monoisotopic (exact) mass is 328 g/mol. The highest BCUT2D eigenvalue weighted by Crippen LogP contribution is 2.31. The van der Waals surface area contributed by atoms with Crippen molar-refractivity contribution in [3.05, 3.63) is 52.3 Å². The van der Waals surface area contributed by atoms with E-state index in [1.165, 1.54) is 36.4 Å². The van der Waals surface area contributed by atoms with Gasteiger partial charge >= 0.3 is 0 Å². The summed E-state index contributed by atoms with van der Waals surface area (Å²) in [6, 6.07) is 8.32. The molecule has 1 amide bonds. The lowest BCUT2D eigenvalue weighted by atomic mass is 10.3. The Morgan fingerprint density at radius 2 is 1.76 bits per heavy atom. The summed E-state index contributed by atoms with van der Waals surface area (Å²) in [6.07, 6.45) is 0. The van der Waals surface area contributed by atoms with Crippen molar-refractivity contribution in [2.24, 2.45) is 0 Å². The average molecular weight is 329 g/mol. The fraction of sp³-hybridized carbons (Fsp3) is 0.0714. The summed E-state index contributed by atoms with van der Waals surface area (Å²) in [7, 11) is 0. The molecule has 0 heterocycles. The van der Waals surface area contributed by atoms with Crippen molar-refractivity contribution in [2.75, 3.05) is 17.7 Å². The molecule has 0 aromatic heterocycles. The number of nitrogen functional groups attached to an aromatic ring is 1. The van der Waals surface area contributed by atoms with Gasteiger partial charge in [0.2, 0.25) is 0 Å². The van der Waals surface area contributed by atoms with Crippen LogP contribution in [0, 0.1) is 5.82 Å². The van der Waals surface area contributed by atoms with Crippen LogP contribution in [0.5, 0.6) is 5.75 Å². The maximum Gasteiger partial charge on any atom is 0.262 e. The summed E-state index contributed by atoms with van der Waals surface area (Å²) >= 11 is 11.7. The molecule has 0 unspecified atom stereocenters. The molecule has 0 bridgehead atoms. The number of ether oxygens (including phenoxy) is 1. The molecular formula is C14H11Cl2FN2O2. The lowest BCUT2D eigenvalue weighted by molar-refractivity contribution is -0.118. The van der Waals surface area contributed by atoms with Crippen LogP contribution >= 0.6 is 23.2 Å². The van der Waals surface area contributed by atoms with E-state index in [-0.39, 0.29) is 28.2 Å². The number of nitrogens with two attached hydrogens (primary N) is 1. The van der Waals surface area contributed by atoms with Crippen LogP contribution in [0.3, 0.4) is 0 Å². The summed E-state index contributed by atoms with van der Waals surface area (Å²) < 4.78 is 17.9. The van der Waals surface area contributed by atoms with Crippen molar-refractivity contribution < 1.29 is 13.9 Å². The molecule has 110 valence electrons. The van der Waals surface area contributed by atoms with Crippen LogP contribution in [0.1, 0.15) is 0 Å². The van der Waals surface area contributed by atoms with Gasteiger partial charge in [-0.1, -0.05) is 23.2 Å². The number of anilines is 2. The van der Waals surface area contributed by atoms with Crippen molar-refractivity contribution >= 4 is 40.5 Å². The fourth-order valence-corrected chi connectivity index (χ4v) is 2.02. The number of rotatable bonds is 4. The number of halogens is 3. The van der Waals surface area contributed by atoms with E-state index in [4.69, 9.17) is 33.7 Å². The van der Waals surface area contributed by atoms with Gasteiger partial charge in [-0.05, 0) is 36.4 Å². The first kappa shape index (κ1) is 15.4. The molecule has 0 aliphatic rings. The van der Waals surface area contributed by atoms with Crippen molar-refractivity contribution in [2.45, 2.75) is 0 Å². The maximum absolute atomic E-state index is 12.7. The molecule has 0 atom stereocenters. The van der Waals surface area contributed by atoms with Gasteiger partial charge in [-0.25, -0.2) is 4.39 Å². The highest BCUT2D eigenvalue weighted by atomic mass is 35.5. The van der Waals surface area contributed by atoms with E-state index in [2.05, 4.69) is 5.32 Å². The largest absolute Gasteiger partial charge is 0.484 e. The van der Waals surface area contributed by atoms with Crippen molar-refractivity contribution in [3.63, 3.8) is 0 Å². The van der Waals surface area contributed by atoms with E-state index in [9.17, 15) is 9.18 Å². The van der Waals surface area contributed by atoms with Gasteiger partial charge in [0.05, 0.1) is 15.7 Å². The van der Waals surface area contributed by atoms with E-state index in [0.717, 1.165) is 0 Å². The van der Waals surface area contributed by atoms with Crippen LogP contribution in [0.2, 0.25) is 10.0 Å². The lowest BCUT2D eigenvalue weighted by Crippen LogP contribution is -2.20. The third-order valence-corrected chi connectivity index (χ3v) is 3.17. The Bertz CT molecular complexity index is 640. The van der Waals surface area contributed by atoms with Crippen molar-refractivity contribution in [3.8, 4) is 5.75 Å². The highest BCUT2D eigenvalue weighted by molar-refractivity contribution is 6.39. The molecule has 0 radical (unpaired) electrons. The molecule has 0 saturated heterocycles. The van der Waals surface area contributed by atoms with E-state index >= 15 is 0 Å². The molecule has 21 heavy (non-hydrogen) atoms. The van der Waals surface area contributed by atoms with Crippen molar-refractivity contribution in [1.29, 1.82) is 0 Å². The second kappa shape index (κ2) is 6.65. The Morgan fingerprint density at radius 3 is 2.33 bits per heavy atom. The third-order valence-electron chi connectivity index (χ3n) is 2.55. The van der Waals surface area contributed by atoms with E-state index in [1.54, 1.807) is 0 Å². The third kappa shape index (κ3) is 4.24. The van der Waals surface area contributed by atoms with E-state index < -0.39 is 5.91 Å². The minimum absolute atomic E-state index is 0.231. The summed E-state index contributed by atoms with van der Waals surface area (Å²) in [5.74, 6) is -0.394. The number of nitrogens with one attached hydrogen (secondary N) is 1. The molecule has 2 aromatic rings. The number of hydrogen-bond acceptors (Lipinski definition) is 3. The number of benzene rings is 2. The van der Waals surface area contributed by atoms with E-state index in [1.807, 2.05) is 0 Å². The number of hydrogen-bond donors (Lipinski definition) is 2. The Balaban J connectivity index is 1.94. The summed E-state index contributed by atoms with van der Waals surface area (Å²) in [4.78, 5) is 11.7. The molecule has 0 aliphatic carbocycles. The quantitative estimate of drug-likeness (QED) is 0.840. The van der Waals surface area contributed by atoms with Crippen LogP contribution in [0.15, 0.2) is 36.4 Å². The normalized spacial score (nSPS) is 10.2. The zero-order chi connectivity index (χ0) is 15.4. The molecule has 2 aromatic carbocycles. The first-order chi connectivity index (χ1) is 9.95. The molecule has 0 saturated carbocycles. The van der Waals surface area contributed by atoms with Gasteiger partial charge in [0.1, 0.15) is 11.6 Å². The molecule has 0 fully saturated rings. The van der Waals surface area contributed by atoms with Crippen LogP contribution in [-0.2, 0) is 4.79 Å². The highest BCUT2D eigenvalue weighted by Gasteiger charge is 2.08. The zero-order valence-corrected chi connectivity index (χ0v) is 12.2. The van der Waals surface area contributed by atoms with Gasteiger partial charge in [0, 0.05) is 5.69 Å². The Kier molecular flexibility index (Phi) is 4.88. The zero-order valence-electron chi connectivity index (χ0n) is 10.7. The van der Waals surface area contributed by atoms with Crippen LogP contribution in [-0.4, -0.2) is 12.5 Å². The Morgan fingerprint density at radius 1 is 1.19 bits per heavy atom. The van der Waals surface area contributed by atoms with Gasteiger partial charge in [-0.2, -0.15) is 0 Å². The second-order valence-corrected chi connectivity index (χ2v) is 4.96. The number of carbonyl (C=O) groups is 1. The summed E-state index contributed by atoms with van der Waals surface area (Å²) in [6.45, 7) is -0.231.